The number of ether oxygens (including phenoxy) is 1. The minimum Gasteiger partial charge on any atom is -0.381 e. The van der Waals surface area contributed by atoms with Crippen LogP contribution in [0.3, 0.4) is 0 Å². The molecular weight excluding hydrogens is 358 g/mol. The number of para-hydroxylation sites is 2. The van der Waals surface area contributed by atoms with Crippen LogP contribution in [0, 0.1) is 0 Å². The number of allylic oxidation sites excluding steroid dienone is 4. The molecule has 1 aliphatic carbocycles. The molecule has 5 rings (SSSR count). The van der Waals surface area contributed by atoms with Crippen LogP contribution in [0.25, 0.3) is 5.57 Å². The summed E-state index contributed by atoms with van der Waals surface area (Å²) < 4.78 is 5.64. The summed E-state index contributed by atoms with van der Waals surface area (Å²) in [5, 5.41) is 7.39. The molecule has 2 heterocycles. The van der Waals surface area contributed by atoms with Crippen molar-refractivity contribution in [2.24, 2.45) is 4.99 Å². The van der Waals surface area contributed by atoms with Gasteiger partial charge in [-0.25, -0.2) is 0 Å². The third kappa shape index (κ3) is 3.73. The topological polar surface area (TPSA) is 45.7 Å². The largest absolute Gasteiger partial charge is 0.381 e. The summed E-state index contributed by atoms with van der Waals surface area (Å²) in [6, 6.07) is 17.1. The predicted molar refractivity (Wildman–Crippen MR) is 120 cm³/mol. The van der Waals surface area contributed by atoms with E-state index in [1.165, 1.54) is 16.7 Å². The molecule has 0 aromatic heterocycles. The minimum atomic E-state index is -0.168. The smallest absolute Gasteiger partial charge is 0.127 e. The fourth-order valence-electron chi connectivity index (χ4n) is 4.38. The second-order valence-corrected chi connectivity index (χ2v) is 7.99. The number of hydrogen-bond donors (Lipinski definition) is 2. The molecule has 3 aliphatic rings. The van der Waals surface area contributed by atoms with Crippen molar-refractivity contribution in [2.45, 2.75) is 37.8 Å². The molecule has 0 unspecified atom stereocenters. The molecule has 0 amide bonds. The number of nitrogens with zero attached hydrogens (tertiary/aromatic N) is 1. The molecule has 0 atom stereocenters. The van der Waals surface area contributed by atoms with Gasteiger partial charge in [0.2, 0.25) is 0 Å². The number of nitrogens with one attached hydrogen (secondary N) is 2. The van der Waals surface area contributed by atoms with Crippen molar-refractivity contribution in [2.75, 3.05) is 23.8 Å². The van der Waals surface area contributed by atoms with Crippen molar-refractivity contribution in [1.29, 1.82) is 0 Å². The zero-order chi connectivity index (χ0) is 19.5. The lowest BCUT2D eigenvalue weighted by Crippen LogP contribution is -2.55. The number of aliphatic imine (C=N–C) groups is 1. The molecule has 4 nitrogen and oxygen atoms in total. The summed E-state index contributed by atoms with van der Waals surface area (Å²) in [5.74, 6) is 1.03. The van der Waals surface area contributed by atoms with Crippen LogP contribution in [-0.4, -0.2) is 24.6 Å². The number of hydrogen-bond acceptors (Lipinski definition) is 3. The van der Waals surface area contributed by atoms with Crippen LogP contribution in [-0.2, 0) is 11.3 Å². The van der Waals surface area contributed by atoms with Crippen LogP contribution >= 0.6 is 0 Å². The highest BCUT2D eigenvalue weighted by molar-refractivity contribution is 6.09. The average Bonchev–Trinajstić information content (AvgIpc) is 2.79. The highest BCUT2D eigenvalue weighted by Gasteiger charge is 2.41. The number of anilines is 2. The van der Waals surface area contributed by atoms with Gasteiger partial charge in [-0.3, -0.25) is 4.99 Å². The summed E-state index contributed by atoms with van der Waals surface area (Å²) in [6.45, 7) is 2.18. The van der Waals surface area contributed by atoms with Gasteiger partial charge in [0.05, 0.1) is 23.5 Å². The highest BCUT2D eigenvalue weighted by atomic mass is 16.5. The zero-order valence-corrected chi connectivity index (χ0v) is 16.7. The third-order valence-corrected chi connectivity index (χ3v) is 6.03. The molecule has 0 radical (unpaired) electrons. The number of benzene rings is 2. The molecule has 1 fully saturated rings. The predicted octanol–water partition coefficient (Wildman–Crippen LogP) is 5.41. The van der Waals surface area contributed by atoms with E-state index in [0.717, 1.165) is 56.1 Å². The Morgan fingerprint density at radius 3 is 2.66 bits per heavy atom. The summed E-state index contributed by atoms with van der Waals surface area (Å²) in [7, 11) is 0. The average molecular weight is 386 g/mol. The molecule has 2 aromatic rings. The Balaban J connectivity index is 1.43. The Hall–Kier alpha value is -2.85. The van der Waals surface area contributed by atoms with E-state index in [1.54, 1.807) is 0 Å². The Morgan fingerprint density at radius 2 is 1.83 bits per heavy atom. The maximum atomic E-state index is 5.64. The van der Waals surface area contributed by atoms with E-state index >= 15 is 0 Å². The molecule has 148 valence electrons. The second-order valence-electron chi connectivity index (χ2n) is 7.99. The van der Waals surface area contributed by atoms with E-state index in [0.29, 0.717) is 6.54 Å². The van der Waals surface area contributed by atoms with Crippen LogP contribution < -0.4 is 10.6 Å². The first-order valence-corrected chi connectivity index (χ1v) is 10.6. The van der Waals surface area contributed by atoms with Gasteiger partial charge in [0.1, 0.15) is 5.84 Å². The van der Waals surface area contributed by atoms with Gasteiger partial charge >= 0.3 is 0 Å². The van der Waals surface area contributed by atoms with Crippen molar-refractivity contribution in [3.63, 3.8) is 0 Å². The summed E-state index contributed by atoms with van der Waals surface area (Å²) in [4.78, 5) is 5.07. The van der Waals surface area contributed by atoms with Crippen LogP contribution in [0.2, 0.25) is 0 Å². The fourth-order valence-corrected chi connectivity index (χ4v) is 4.38. The zero-order valence-electron chi connectivity index (χ0n) is 16.7. The lowest BCUT2D eigenvalue weighted by Gasteiger charge is -2.43. The highest BCUT2D eigenvalue weighted by Crippen LogP contribution is 2.36. The Bertz CT molecular complexity index is 983. The summed E-state index contributed by atoms with van der Waals surface area (Å²) in [6.07, 6.45) is 10.9. The van der Waals surface area contributed by atoms with Crippen molar-refractivity contribution in [3.8, 4) is 0 Å². The molecule has 2 N–H and O–H groups in total. The Kier molecular flexibility index (Phi) is 4.94. The van der Waals surface area contributed by atoms with E-state index < -0.39 is 0 Å². The Morgan fingerprint density at radius 1 is 0.966 bits per heavy atom. The molecule has 4 heteroatoms. The van der Waals surface area contributed by atoms with Crippen molar-refractivity contribution in [1.82, 2.24) is 0 Å². The van der Waals surface area contributed by atoms with Gasteiger partial charge in [0.15, 0.2) is 0 Å². The van der Waals surface area contributed by atoms with Crippen LogP contribution in [0.4, 0.5) is 11.4 Å². The molecule has 0 saturated carbocycles. The number of rotatable bonds is 3. The number of amidine groups is 1. The first-order chi connectivity index (χ1) is 14.3. The van der Waals surface area contributed by atoms with E-state index in [9.17, 15) is 0 Å². The van der Waals surface area contributed by atoms with Crippen molar-refractivity contribution < 1.29 is 4.74 Å². The van der Waals surface area contributed by atoms with Gasteiger partial charge in [-0.2, -0.15) is 0 Å². The third-order valence-electron chi connectivity index (χ3n) is 6.03. The molecule has 1 spiro atoms. The van der Waals surface area contributed by atoms with Gasteiger partial charge in [-0.1, -0.05) is 48.6 Å². The summed E-state index contributed by atoms with van der Waals surface area (Å²) >= 11 is 0. The fraction of sp³-hybridized carbons (Fsp3) is 0.320. The van der Waals surface area contributed by atoms with Gasteiger partial charge in [-0.05, 0) is 47.7 Å². The monoisotopic (exact) mass is 385 g/mol. The van der Waals surface area contributed by atoms with E-state index in [2.05, 4.69) is 77.4 Å². The molecule has 2 aromatic carbocycles. The van der Waals surface area contributed by atoms with E-state index in [1.807, 2.05) is 0 Å². The van der Waals surface area contributed by atoms with Crippen molar-refractivity contribution >= 4 is 22.8 Å². The van der Waals surface area contributed by atoms with Gasteiger partial charge in [0, 0.05) is 26.1 Å². The van der Waals surface area contributed by atoms with Crippen molar-refractivity contribution in [3.05, 3.63) is 77.9 Å². The standard InChI is InChI=1S/C25H27N3O/c1-2-8-20(9-3-1)21-10-6-7-19(17-21)18-26-24-25(13-15-29-16-14-25)28-23-12-5-4-11-22(23)27-24/h2,4-12,17,28H,1,3,13-16,18H2,(H,26,27). The molecular formula is C25H27N3O. The van der Waals surface area contributed by atoms with Gasteiger partial charge in [-0.15, -0.1) is 0 Å². The first kappa shape index (κ1) is 18.2. The van der Waals surface area contributed by atoms with Crippen LogP contribution in [0.5, 0.6) is 0 Å². The molecule has 29 heavy (non-hydrogen) atoms. The second kappa shape index (κ2) is 7.88. The van der Waals surface area contributed by atoms with E-state index in [4.69, 9.17) is 9.73 Å². The van der Waals surface area contributed by atoms with Crippen LogP contribution in [0.1, 0.15) is 36.8 Å². The van der Waals surface area contributed by atoms with Gasteiger partial charge < -0.3 is 15.4 Å². The first-order valence-electron chi connectivity index (χ1n) is 10.6. The normalized spacial score (nSPS) is 21.2. The number of fused-ring (bicyclic) bond motifs is 1. The molecule has 2 aliphatic heterocycles. The Labute approximate surface area is 172 Å². The maximum absolute atomic E-state index is 5.64. The van der Waals surface area contributed by atoms with Gasteiger partial charge in [0.25, 0.3) is 0 Å². The molecule has 1 saturated heterocycles. The lowest BCUT2D eigenvalue weighted by molar-refractivity contribution is 0.0778. The maximum Gasteiger partial charge on any atom is 0.127 e. The van der Waals surface area contributed by atoms with E-state index in [-0.39, 0.29) is 5.54 Å². The minimum absolute atomic E-state index is 0.168. The molecule has 0 bridgehead atoms. The summed E-state index contributed by atoms with van der Waals surface area (Å²) in [5.41, 5.74) is 5.90. The quantitative estimate of drug-likeness (QED) is 0.743. The lowest BCUT2D eigenvalue weighted by atomic mass is 9.86. The van der Waals surface area contributed by atoms with Crippen LogP contribution in [0.15, 0.2) is 71.8 Å². The SMILES string of the molecule is C1=CC(c2cccc(CN=C3Nc4ccccc4NC34CCOCC4)c2)=CCC1.